The number of benzene rings is 3. The van der Waals surface area contributed by atoms with Crippen LogP contribution in [0.15, 0.2) is 101 Å². The van der Waals surface area contributed by atoms with Crippen molar-refractivity contribution < 1.29 is 13.6 Å². The molecule has 0 unspecified atom stereocenters. The second-order valence-electron chi connectivity index (χ2n) is 7.32. The van der Waals surface area contributed by atoms with E-state index < -0.39 is 11.7 Å². The third-order valence-electron chi connectivity index (χ3n) is 4.88. The fourth-order valence-corrected chi connectivity index (χ4v) is 3.40. The van der Waals surface area contributed by atoms with Gasteiger partial charge in [-0.25, -0.2) is 4.39 Å². The van der Waals surface area contributed by atoms with Gasteiger partial charge in [0.05, 0.1) is 12.2 Å². The maximum absolute atomic E-state index is 13.8. The number of rotatable bonds is 8. The predicted octanol–water partition coefficient (Wildman–Crippen LogP) is 5.87. The molecule has 156 valence electrons. The van der Waals surface area contributed by atoms with Crippen LogP contribution in [-0.4, -0.2) is 10.8 Å². The van der Waals surface area contributed by atoms with Crippen molar-refractivity contribution in [3.8, 4) is 0 Å². The van der Waals surface area contributed by atoms with Gasteiger partial charge in [-0.3, -0.25) is 9.69 Å². The van der Waals surface area contributed by atoms with Gasteiger partial charge in [0.15, 0.2) is 5.76 Å². The molecule has 4 rings (SSSR count). The van der Waals surface area contributed by atoms with Gasteiger partial charge in [-0.2, -0.15) is 0 Å². The number of furan rings is 1. The normalized spacial score (nSPS) is 10.9. The Morgan fingerprint density at radius 1 is 0.742 bits per heavy atom. The zero-order chi connectivity index (χ0) is 21.5. The Balaban J connectivity index is 1.47. The molecule has 1 heterocycles. The van der Waals surface area contributed by atoms with Crippen molar-refractivity contribution >= 4 is 11.6 Å². The molecule has 4 aromatic rings. The molecule has 3 aromatic carbocycles. The van der Waals surface area contributed by atoms with Crippen molar-refractivity contribution in [2.45, 2.75) is 19.6 Å². The number of halogens is 1. The Hall–Kier alpha value is -3.70. The van der Waals surface area contributed by atoms with E-state index in [9.17, 15) is 9.18 Å². The van der Waals surface area contributed by atoms with Crippen molar-refractivity contribution in [1.29, 1.82) is 0 Å². The summed E-state index contributed by atoms with van der Waals surface area (Å²) in [5.41, 5.74) is 2.52. The van der Waals surface area contributed by atoms with Crippen LogP contribution in [0.1, 0.15) is 27.4 Å². The van der Waals surface area contributed by atoms with Crippen molar-refractivity contribution in [2.75, 3.05) is 5.32 Å². The minimum Gasteiger partial charge on any atom is -0.455 e. The summed E-state index contributed by atoms with van der Waals surface area (Å²) in [6.45, 7) is 2.02. The maximum Gasteiger partial charge on any atom is 0.291 e. The smallest absolute Gasteiger partial charge is 0.291 e. The molecular weight excluding hydrogens is 391 g/mol. The molecule has 0 aliphatic rings. The third-order valence-corrected chi connectivity index (χ3v) is 4.88. The summed E-state index contributed by atoms with van der Waals surface area (Å²) in [5, 5.41) is 2.55. The summed E-state index contributed by atoms with van der Waals surface area (Å²) >= 11 is 0. The zero-order valence-corrected chi connectivity index (χ0v) is 17.0. The largest absolute Gasteiger partial charge is 0.455 e. The van der Waals surface area contributed by atoms with E-state index in [-0.39, 0.29) is 11.4 Å². The number of carbonyl (C=O) groups excluding carboxylic acids is 1. The molecule has 1 aromatic heterocycles. The zero-order valence-electron chi connectivity index (χ0n) is 17.0. The van der Waals surface area contributed by atoms with Crippen LogP contribution in [0.5, 0.6) is 0 Å². The van der Waals surface area contributed by atoms with Gasteiger partial charge in [0.25, 0.3) is 5.91 Å². The summed E-state index contributed by atoms with van der Waals surface area (Å²) in [6, 6.07) is 29.9. The molecule has 0 bridgehead atoms. The van der Waals surface area contributed by atoms with E-state index in [1.807, 2.05) is 36.4 Å². The molecule has 0 saturated carbocycles. The molecule has 0 radical (unpaired) electrons. The van der Waals surface area contributed by atoms with Gasteiger partial charge < -0.3 is 9.73 Å². The number of anilines is 1. The van der Waals surface area contributed by atoms with Gasteiger partial charge in [0.2, 0.25) is 0 Å². The first kappa shape index (κ1) is 20.6. The minimum atomic E-state index is -0.487. The maximum atomic E-state index is 13.8. The van der Waals surface area contributed by atoms with Crippen LogP contribution >= 0.6 is 0 Å². The molecule has 0 aliphatic carbocycles. The molecule has 0 atom stereocenters. The first-order valence-electron chi connectivity index (χ1n) is 10.1. The Kier molecular flexibility index (Phi) is 6.55. The van der Waals surface area contributed by atoms with Crippen LogP contribution in [0, 0.1) is 5.82 Å². The summed E-state index contributed by atoms with van der Waals surface area (Å²) in [7, 11) is 0. The lowest BCUT2D eigenvalue weighted by Crippen LogP contribution is -2.22. The topological polar surface area (TPSA) is 45.5 Å². The molecule has 1 N–H and O–H groups in total. The van der Waals surface area contributed by atoms with Gasteiger partial charge in [0, 0.05) is 13.1 Å². The van der Waals surface area contributed by atoms with E-state index in [2.05, 4.69) is 34.5 Å². The molecule has 5 heteroatoms. The lowest BCUT2D eigenvalue weighted by atomic mass is 10.1. The number of amides is 1. The van der Waals surface area contributed by atoms with Gasteiger partial charge in [-0.05, 0) is 35.4 Å². The highest BCUT2D eigenvalue weighted by Crippen LogP contribution is 2.18. The van der Waals surface area contributed by atoms with Crippen molar-refractivity contribution in [1.82, 2.24) is 4.90 Å². The molecule has 0 saturated heterocycles. The summed E-state index contributed by atoms with van der Waals surface area (Å²) < 4.78 is 19.6. The van der Waals surface area contributed by atoms with Crippen molar-refractivity contribution in [2.24, 2.45) is 0 Å². The number of hydrogen-bond acceptors (Lipinski definition) is 3. The van der Waals surface area contributed by atoms with Gasteiger partial charge in [0.1, 0.15) is 11.6 Å². The van der Waals surface area contributed by atoms with Crippen LogP contribution in [0.25, 0.3) is 0 Å². The molecule has 0 spiro atoms. The van der Waals surface area contributed by atoms with Gasteiger partial charge >= 0.3 is 0 Å². The second-order valence-corrected chi connectivity index (χ2v) is 7.32. The molecule has 31 heavy (non-hydrogen) atoms. The van der Waals surface area contributed by atoms with Gasteiger partial charge in [-0.1, -0.05) is 72.8 Å². The summed E-state index contributed by atoms with van der Waals surface area (Å²) in [6.07, 6.45) is 0. The molecule has 0 aliphatic heterocycles. The second kappa shape index (κ2) is 9.87. The number of hydrogen-bond donors (Lipinski definition) is 1. The highest BCUT2D eigenvalue weighted by Gasteiger charge is 2.16. The fraction of sp³-hybridized carbons (Fsp3) is 0.115. The van der Waals surface area contributed by atoms with Crippen LogP contribution < -0.4 is 5.32 Å². The lowest BCUT2D eigenvalue weighted by molar-refractivity contribution is 0.0991. The van der Waals surface area contributed by atoms with E-state index >= 15 is 0 Å². The molecular formula is C26H23FN2O2. The van der Waals surface area contributed by atoms with Gasteiger partial charge in [-0.15, -0.1) is 0 Å². The highest BCUT2D eigenvalue weighted by atomic mass is 19.1. The highest BCUT2D eigenvalue weighted by molar-refractivity contribution is 6.02. The Bertz CT molecular complexity index is 1080. The Morgan fingerprint density at radius 3 is 1.94 bits per heavy atom. The molecule has 0 fully saturated rings. The number of nitrogens with one attached hydrogen (secondary N) is 1. The van der Waals surface area contributed by atoms with Crippen LogP contribution in [0.4, 0.5) is 10.1 Å². The molecule has 4 nitrogen and oxygen atoms in total. The summed E-state index contributed by atoms with van der Waals surface area (Å²) in [5.74, 6) is -0.142. The average molecular weight is 414 g/mol. The minimum absolute atomic E-state index is 0.125. The van der Waals surface area contributed by atoms with Crippen molar-refractivity contribution in [3.05, 3.63) is 126 Å². The van der Waals surface area contributed by atoms with E-state index in [1.54, 1.807) is 24.3 Å². The number of nitrogens with zero attached hydrogens (tertiary/aromatic N) is 1. The quantitative estimate of drug-likeness (QED) is 0.392. The van der Waals surface area contributed by atoms with E-state index in [0.717, 1.165) is 13.1 Å². The average Bonchev–Trinajstić information content (AvgIpc) is 3.25. The fourth-order valence-electron chi connectivity index (χ4n) is 3.40. The van der Waals surface area contributed by atoms with E-state index in [1.165, 1.54) is 23.3 Å². The van der Waals surface area contributed by atoms with E-state index in [4.69, 9.17) is 4.42 Å². The third kappa shape index (κ3) is 5.68. The van der Waals surface area contributed by atoms with Crippen LogP contribution in [0.2, 0.25) is 0 Å². The number of para-hydroxylation sites is 1. The Morgan fingerprint density at radius 2 is 1.32 bits per heavy atom. The Labute approximate surface area is 180 Å². The van der Waals surface area contributed by atoms with Crippen molar-refractivity contribution in [3.63, 3.8) is 0 Å². The molecule has 1 amide bonds. The lowest BCUT2D eigenvalue weighted by Gasteiger charge is -2.21. The monoisotopic (exact) mass is 414 g/mol. The SMILES string of the molecule is O=C(Nc1ccccc1F)c1ccc(CN(Cc2ccccc2)Cc2ccccc2)o1. The first-order chi connectivity index (χ1) is 15.2. The number of carbonyl (C=O) groups is 1. The predicted molar refractivity (Wildman–Crippen MR) is 119 cm³/mol. The summed E-state index contributed by atoms with van der Waals surface area (Å²) in [4.78, 5) is 14.7. The van der Waals surface area contributed by atoms with E-state index in [0.29, 0.717) is 12.3 Å². The standard InChI is InChI=1S/C26H23FN2O2/c27-23-13-7-8-14-24(23)28-26(30)25-16-15-22(31-25)19-29(17-20-9-3-1-4-10-20)18-21-11-5-2-6-12-21/h1-16H,17-19H2,(H,28,30). The first-order valence-corrected chi connectivity index (χ1v) is 10.1. The van der Waals surface area contributed by atoms with Crippen LogP contribution in [-0.2, 0) is 19.6 Å². The van der Waals surface area contributed by atoms with Crippen LogP contribution in [0.3, 0.4) is 0 Å².